The van der Waals surface area contributed by atoms with Crippen LogP contribution in [0.3, 0.4) is 0 Å². The molecule has 4 heterocycles. The molecule has 7 nitrogen and oxygen atoms in total. The first-order chi connectivity index (χ1) is 15.7. The summed E-state index contributed by atoms with van der Waals surface area (Å²) in [5, 5.41) is 9.71. The van der Waals surface area contributed by atoms with Crippen molar-refractivity contribution in [2.45, 2.75) is 31.8 Å². The van der Waals surface area contributed by atoms with Crippen LogP contribution in [0, 0.1) is 13.8 Å². The molecule has 0 saturated carbocycles. The zero-order valence-electron chi connectivity index (χ0n) is 17.9. The Balaban J connectivity index is 1.31. The topological polar surface area (TPSA) is 82.0 Å². The van der Waals surface area contributed by atoms with Gasteiger partial charge in [-0.1, -0.05) is 47.3 Å². The second-order valence-electron chi connectivity index (χ2n) is 7.54. The Kier molecular flexibility index (Phi) is 5.68. The summed E-state index contributed by atoms with van der Waals surface area (Å²) < 4.78 is 7.39. The van der Waals surface area contributed by atoms with Gasteiger partial charge in [0.15, 0.2) is 5.16 Å². The second-order valence-corrected chi connectivity index (χ2v) is 8.60. The molecule has 0 saturated heterocycles. The molecule has 32 heavy (non-hydrogen) atoms. The Morgan fingerprint density at radius 3 is 2.59 bits per heavy atom. The normalized spacial score (nSPS) is 11.3. The zero-order chi connectivity index (χ0) is 21.9. The van der Waals surface area contributed by atoms with Gasteiger partial charge in [0.25, 0.3) is 0 Å². The van der Waals surface area contributed by atoms with Crippen LogP contribution < -0.4 is 0 Å². The van der Waals surface area contributed by atoms with Gasteiger partial charge >= 0.3 is 0 Å². The molecule has 0 N–H and O–H groups in total. The molecule has 0 amide bonds. The molecule has 0 aliphatic carbocycles. The number of aromatic nitrogens is 6. The molecular formula is C24H22N6OS. The minimum absolute atomic E-state index is 0.594. The second kappa shape index (κ2) is 8.92. The maximum atomic E-state index is 5.41. The quantitative estimate of drug-likeness (QED) is 0.254. The number of nitrogens with zero attached hydrogens (tertiary/aromatic N) is 6. The van der Waals surface area contributed by atoms with Crippen molar-refractivity contribution in [3.8, 4) is 22.6 Å². The van der Waals surface area contributed by atoms with Gasteiger partial charge in [0.05, 0.1) is 16.9 Å². The lowest BCUT2D eigenvalue weighted by molar-refractivity contribution is 0.378. The van der Waals surface area contributed by atoms with Crippen LogP contribution in [0.1, 0.15) is 23.6 Å². The number of fused-ring (bicyclic) bond motifs is 1. The Bertz CT molecular complexity index is 1350. The summed E-state index contributed by atoms with van der Waals surface area (Å²) in [6, 6.07) is 16.1. The highest BCUT2D eigenvalue weighted by atomic mass is 32.2. The first-order valence-corrected chi connectivity index (χ1v) is 11.5. The highest BCUT2D eigenvalue weighted by Gasteiger charge is 2.17. The number of imidazole rings is 1. The van der Waals surface area contributed by atoms with E-state index in [0.717, 1.165) is 45.4 Å². The molecule has 4 aromatic heterocycles. The number of hydrogen-bond acceptors (Lipinski definition) is 7. The molecule has 8 heteroatoms. The number of aryl methyl sites for hydroxylation is 3. The van der Waals surface area contributed by atoms with Crippen molar-refractivity contribution >= 4 is 17.3 Å². The molecule has 0 unspecified atom stereocenters. The number of hydrogen-bond donors (Lipinski definition) is 0. The van der Waals surface area contributed by atoms with Gasteiger partial charge in [0.1, 0.15) is 0 Å². The molecule has 1 aromatic carbocycles. The summed E-state index contributed by atoms with van der Waals surface area (Å²) in [6.07, 6.45) is 5.05. The summed E-state index contributed by atoms with van der Waals surface area (Å²) >= 11 is 1.70. The minimum Gasteiger partial charge on any atom is -0.339 e. The van der Waals surface area contributed by atoms with Gasteiger partial charge in [0.2, 0.25) is 11.7 Å². The van der Waals surface area contributed by atoms with Crippen LogP contribution in [0.2, 0.25) is 0 Å². The van der Waals surface area contributed by atoms with E-state index in [4.69, 9.17) is 14.6 Å². The molecule has 160 valence electrons. The number of thioether (sulfide) groups is 1. The van der Waals surface area contributed by atoms with Crippen molar-refractivity contribution in [3.05, 3.63) is 78.1 Å². The van der Waals surface area contributed by atoms with Crippen LogP contribution in [0.15, 0.2) is 70.6 Å². The van der Waals surface area contributed by atoms with Crippen LogP contribution >= 0.6 is 11.8 Å². The van der Waals surface area contributed by atoms with Crippen LogP contribution in [0.25, 0.3) is 28.2 Å². The Hall–Kier alpha value is -3.52. The van der Waals surface area contributed by atoms with Crippen molar-refractivity contribution in [1.82, 2.24) is 29.7 Å². The lowest BCUT2D eigenvalue weighted by Crippen LogP contribution is -1.99. The fraction of sp³-hybridized carbons (Fsp3) is 0.208. The van der Waals surface area contributed by atoms with Crippen LogP contribution in [-0.2, 0) is 6.42 Å². The third kappa shape index (κ3) is 4.13. The largest absolute Gasteiger partial charge is 0.339 e. The van der Waals surface area contributed by atoms with E-state index in [9.17, 15) is 0 Å². The van der Waals surface area contributed by atoms with E-state index in [1.54, 1.807) is 24.2 Å². The van der Waals surface area contributed by atoms with Crippen molar-refractivity contribution in [3.63, 3.8) is 0 Å². The fourth-order valence-corrected chi connectivity index (χ4v) is 4.54. The Morgan fingerprint density at radius 1 is 0.969 bits per heavy atom. The predicted octanol–water partition coefficient (Wildman–Crippen LogP) is 5.18. The van der Waals surface area contributed by atoms with E-state index in [2.05, 4.69) is 40.2 Å². The van der Waals surface area contributed by atoms with Gasteiger partial charge in [-0.3, -0.25) is 4.98 Å². The molecule has 5 aromatic rings. The van der Waals surface area contributed by atoms with Crippen molar-refractivity contribution < 1.29 is 4.52 Å². The third-order valence-corrected chi connectivity index (χ3v) is 6.12. The minimum atomic E-state index is 0.594. The molecule has 0 aliphatic rings. The van der Waals surface area contributed by atoms with Crippen molar-refractivity contribution in [1.29, 1.82) is 0 Å². The van der Waals surface area contributed by atoms with Crippen molar-refractivity contribution in [2.75, 3.05) is 5.75 Å². The maximum Gasteiger partial charge on any atom is 0.226 e. The summed E-state index contributed by atoms with van der Waals surface area (Å²) in [7, 11) is 0. The van der Waals surface area contributed by atoms with E-state index in [0.29, 0.717) is 18.1 Å². The summed E-state index contributed by atoms with van der Waals surface area (Å²) in [5.41, 5.74) is 6.17. The lowest BCUT2D eigenvalue weighted by Gasteiger charge is -2.04. The Labute approximate surface area is 189 Å². The zero-order valence-corrected chi connectivity index (χ0v) is 18.7. The first-order valence-electron chi connectivity index (χ1n) is 10.5. The summed E-state index contributed by atoms with van der Waals surface area (Å²) in [4.78, 5) is 13.5. The first kappa shape index (κ1) is 20.4. The molecule has 0 atom stereocenters. The summed E-state index contributed by atoms with van der Waals surface area (Å²) in [5.74, 6) is 2.10. The highest BCUT2D eigenvalue weighted by molar-refractivity contribution is 7.99. The van der Waals surface area contributed by atoms with Gasteiger partial charge in [-0.2, -0.15) is 10.1 Å². The predicted molar refractivity (Wildman–Crippen MR) is 124 cm³/mol. The molecule has 0 bridgehead atoms. The smallest absolute Gasteiger partial charge is 0.226 e. The fourth-order valence-electron chi connectivity index (χ4n) is 3.66. The van der Waals surface area contributed by atoms with Crippen LogP contribution in [-0.4, -0.2) is 35.5 Å². The number of pyridine rings is 1. The van der Waals surface area contributed by atoms with E-state index in [1.807, 2.05) is 41.8 Å². The molecule has 0 fully saturated rings. The lowest BCUT2D eigenvalue weighted by atomic mass is 10.1. The van der Waals surface area contributed by atoms with Crippen LogP contribution in [0.4, 0.5) is 0 Å². The van der Waals surface area contributed by atoms with E-state index in [1.165, 1.54) is 5.56 Å². The number of rotatable bonds is 7. The maximum absolute atomic E-state index is 5.41. The molecule has 0 radical (unpaired) electrons. The van der Waals surface area contributed by atoms with E-state index < -0.39 is 0 Å². The van der Waals surface area contributed by atoms with Gasteiger partial charge in [-0.25, -0.2) is 9.50 Å². The van der Waals surface area contributed by atoms with Crippen molar-refractivity contribution in [2.24, 2.45) is 0 Å². The highest BCUT2D eigenvalue weighted by Crippen LogP contribution is 2.31. The standard InChI is InChI=1S/C24H22N6OS/c1-16-15-17(2)28-30-22(16)21(18-7-4-3-5-8-18)27-24(30)32-14-6-9-20-26-23(29-31-20)19-10-12-25-13-11-19/h3-5,7-8,10-13,15H,6,9,14H2,1-2H3. The third-order valence-electron chi connectivity index (χ3n) is 5.10. The van der Waals surface area contributed by atoms with Gasteiger partial charge < -0.3 is 4.52 Å². The van der Waals surface area contributed by atoms with E-state index in [-0.39, 0.29) is 0 Å². The van der Waals surface area contributed by atoms with Gasteiger partial charge in [-0.05, 0) is 44.0 Å². The van der Waals surface area contributed by atoms with E-state index >= 15 is 0 Å². The van der Waals surface area contributed by atoms with Crippen LogP contribution in [0.5, 0.6) is 0 Å². The SMILES string of the molecule is Cc1cc(C)c2c(-c3ccccc3)nc(SCCCc3nc(-c4ccncc4)no3)n2n1. The average Bonchev–Trinajstić information content (AvgIpc) is 3.43. The molecule has 0 spiro atoms. The summed E-state index contributed by atoms with van der Waals surface area (Å²) in [6.45, 7) is 4.13. The molecule has 0 aliphatic heterocycles. The Morgan fingerprint density at radius 2 is 1.78 bits per heavy atom. The van der Waals surface area contributed by atoms with Gasteiger partial charge in [-0.15, -0.1) is 0 Å². The van der Waals surface area contributed by atoms with Gasteiger partial charge in [0, 0.05) is 35.7 Å². The number of benzene rings is 1. The average molecular weight is 443 g/mol. The molecule has 5 rings (SSSR count). The monoisotopic (exact) mass is 442 g/mol. The molecular weight excluding hydrogens is 420 g/mol.